The third kappa shape index (κ3) is 16.4. The van der Waals surface area contributed by atoms with Crippen molar-refractivity contribution < 1.29 is 53.8 Å². The van der Waals surface area contributed by atoms with Gasteiger partial charge in [-0.15, -0.1) is 0 Å². The molecule has 0 spiro atoms. The summed E-state index contributed by atoms with van der Waals surface area (Å²) in [6, 6.07) is 0. The second kappa shape index (κ2) is 20.8. The molecule has 0 aliphatic carbocycles. The van der Waals surface area contributed by atoms with Crippen molar-refractivity contribution >= 4 is 29.7 Å². The Hall–Kier alpha value is -2.99. The molecule has 0 aromatic carbocycles. The Kier molecular flexibility index (Phi) is 17.5. The number of hydrogen-bond acceptors (Lipinski definition) is 12. The van der Waals surface area contributed by atoms with E-state index in [4.69, 9.17) is 14.5 Å². The zero-order valence-electron chi connectivity index (χ0n) is 24.6. The summed E-state index contributed by atoms with van der Waals surface area (Å²) in [5.74, 6) is -3.57. The number of carbonyl (C=O) groups excluding carboxylic acids is 2. The lowest BCUT2D eigenvalue weighted by Gasteiger charge is -2.33. The molecule has 2 aliphatic rings. The second-order valence-corrected chi connectivity index (χ2v) is 10.3. The fourth-order valence-corrected chi connectivity index (χ4v) is 4.64. The van der Waals surface area contributed by atoms with Crippen LogP contribution in [0.5, 0.6) is 0 Å². The first-order chi connectivity index (χ1) is 20.6. The highest BCUT2D eigenvalue weighted by molar-refractivity contribution is 6.12. The van der Waals surface area contributed by atoms with Crippen molar-refractivity contribution in [2.75, 3.05) is 112 Å². The third-order valence-electron chi connectivity index (χ3n) is 6.96. The van der Waals surface area contributed by atoms with Gasteiger partial charge in [-0.1, -0.05) is 0 Å². The van der Waals surface area contributed by atoms with Gasteiger partial charge < -0.3 is 25.0 Å². The molecule has 3 N–H and O–H groups in total. The molecule has 0 unspecified atom stereocenters. The Morgan fingerprint density at radius 3 is 1.47 bits per heavy atom. The summed E-state index contributed by atoms with van der Waals surface area (Å²) in [5.41, 5.74) is 0. The highest BCUT2D eigenvalue weighted by atomic mass is 17.2. The molecule has 244 valence electrons. The van der Waals surface area contributed by atoms with Crippen LogP contribution in [0.2, 0.25) is 0 Å². The molecule has 0 saturated carbocycles. The van der Waals surface area contributed by atoms with Crippen molar-refractivity contribution in [3.8, 4) is 0 Å². The van der Waals surface area contributed by atoms with Gasteiger partial charge in [-0.3, -0.25) is 43.6 Å². The highest BCUT2D eigenvalue weighted by Gasteiger charge is 2.23. The minimum atomic E-state index is -0.987. The summed E-state index contributed by atoms with van der Waals surface area (Å²) in [5, 5.41) is 27.9. The van der Waals surface area contributed by atoms with E-state index >= 15 is 0 Å². The van der Waals surface area contributed by atoms with Crippen molar-refractivity contribution in [2.45, 2.75) is 19.3 Å². The summed E-state index contributed by atoms with van der Waals surface area (Å²) in [4.78, 5) is 75.9. The minimum absolute atomic E-state index is 0.141. The van der Waals surface area contributed by atoms with E-state index in [0.717, 1.165) is 30.7 Å². The lowest BCUT2D eigenvalue weighted by molar-refractivity contribution is -0.299. The first kappa shape index (κ1) is 36.2. The predicted molar refractivity (Wildman–Crippen MR) is 151 cm³/mol. The molecule has 1 fully saturated rings. The lowest BCUT2D eigenvalue weighted by atomic mass is 10.2. The van der Waals surface area contributed by atoms with Crippen LogP contribution in [0, 0.1) is 0 Å². The first-order valence-corrected chi connectivity index (χ1v) is 14.5. The molecule has 2 rings (SSSR count). The van der Waals surface area contributed by atoms with Gasteiger partial charge in [0.2, 0.25) is 0 Å². The summed E-state index contributed by atoms with van der Waals surface area (Å²) >= 11 is 0. The van der Waals surface area contributed by atoms with Crippen molar-refractivity contribution in [3.05, 3.63) is 12.2 Å². The van der Waals surface area contributed by atoms with Crippen LogP contribution in [0.15, 0.2) is 12.2 Å². The lowest BCUT2D eigenvalue weighted by Crippen LogP contribution is -2.48. The van der Waals surface area contributed by atoms with Crippen LogP contribution in [0.1, 0.15) is 19.3 Å². The molecule has 2 aliphatic heterocycles. The van der Waals surface area contributed by atoms with Gasteiger partial charge in [0.25, 0.3) is 11.8 Å². The van der Waals surface area contributed by atoms with Crippen LogP contribution in [-0.4, -0.2) is 181 Å². The standard InChI is InChI=1S/C27H45N5O11/c33-23-4-5-24(34)32(23)15-17-41-18-19-43-42-16-3-1-2-6-28-7-9-29(20-25(35)36)11-13-31(22-27(39)40)14-12-30(10-8-28)21-26(37)38/h4-5H,1-3,6-22H2,(H,35,36)(H,37,38)(H,39,40). The molecule has 0 atom stereocenters. The Balaban J connectivity index is 1.68. The predicted octanol–water partition coefficient (Wildman–Crippen LogP) is -1.48. The zero-order valence-corrected chi connectivity index (χ0v) is 24.6. The van der Waals surface area contributed by atoms with E-state index in [-0.39, 0.29) is 57.8 Å². The topological polar surface area (TPSA) is 190 Å². The molecular formula is C27H45N5O11. The molecule has 2 heterocycles. The molecule has 1 saturated heterocycles. The molecule has 16 nitrogen and oxygen atoms in total. The van der Waals surface area contributed by atoms with E-state index < -0.39 is 17.9 Å². The number of unbranched alkanes of at least 4 members (excludes halogenated alkanes) is 2. The largest absolute Gasteiger partial charge is 0.480 e. The summed E-state index contributed by atoms with van der Waals surface area (Å²) in [6.45, 7) is 5.24. The van der Waals surface area contributed by atoms with Crippen molar-refractivity contribution in [3.63, 3.8) is 0 Å². The van der Waals surface area contributed by atoms with Gasteiger partial charge in [-0.2, -0.15) is 0 Å². The normalized spacial score (nSPS) is 18.6. The average molecular weight is 616 g/mol. The summed E-state index contributed by atoms with van der Waals surface area (Å²) in [7, 11) is 0. The van der Waals surface area contributed by atoms with E-state index in [1.165, 1.54) is 12.2 Å². The number of carboxylic acids is 3. The van der Waals surface area contributed by atoms with Crippen molar-refractivity contribution in [2.24, 2.45) is 0 Å². The van der Waals surface area contributed by atoms with Crippen LogP contribution in [0.4, 0.5) is 0 Å². The fraction of sp³-hybridized carbons (Fsp3) is 0.741. The van der Waals surface area contributed by atoms with E-state index in [1.54, 1.807) is 14.7 Å². The van der Waals surface area contributed by atoms with Gasteiger partial charge >= 0.3 is 17.9 Å². The smallest absolute Gasteiger partial charge is 0.317 e. The zero-order chi connectivity index (χ0) is 31.5. The first-order valence-electron chi connectivity index (χ1n) is 14.5. The minimum Gasteiger partial charge on any atom is -0.480 e. The van der Waals surface area contributed by atoms with Gasteiger partial charge in [0, 0.05) is 64.5 Å². The van der Waals surface area contributed by atoms with Gasteiger partial charge in [0.15, 0.2) is 0 Å². The number of hydrogen-bond donors (Lipinski definition) is 3. The molecule has 0 radical (unpaired) electrons. The molecule has 0 aromatic rings. The highest BCUT2D eigenvalue weighted by Crippen LogP contribution is 2.05. The van der Waals surface area contributed by atoms with Crippen LogP contribution >= 0.6 is 0 Å². The van der Waals surface area contributed by atoms with Crippen LogP contribution in [0.25, 0.3) is 0 Å². The molecule has 2 amide bonds. The van der Waals surface area contributed by atoms with E-state index in [0.29, 0.717) is 59.0 Å². The number of nitrogens with zero attached hydrogens (tertiary/aromatic N) is 5. The Labute approximate surface area is 251 Å². The molecule has 0 bridgehead atoms. The molecule has 0 aromatic heterocycles. The second-order valence-electron chi connectivity index (χ2n) is 10.3. The summed E-state index contributed by atoms with van der Waals surface area (Å²) in [6.07, 6.45) is 4.94. The molecular weight excluding hydrogens is 570 g/mol. The van der Waals surface area contributed by atoms with Crippen LogP contribution in [-0.2, 0) is 38.5 Å². The number of aliphatic carboxylic acids is 3. The maximum Gasteiger partial charge on any atom is 0.317 e. The Bertz CT molecular complexity index is 885. The molecule has 16 heteroatoms. The van der Waals surface area contributed by atoms with Crippen molar-refractivity contribution in [1.82, 2.24) is 24.5 Å². The van der Waals surface area contributed by atoms with E-state index in [2.05, 4.69) is 4.90 Å². The van der Waals surface area contributed by atoms with Gasteiger partial charge in [-0.05, 0) is 25.8 Å². The van der Waals surface area contributed by atoms with Crippen molar-refractivity contribution in [1.29, 1.82) is 0 Å². The number of imide groups is 1. The number of ether oxygens (including phenoxy) is 1. The average Bonchev–Trinajstić information content (AvgIpc) is 3.26. The Morgan fingerprint density at radius 2 is 1.00 bits per heavy atom. The third-order valence-corrected chi connectivity index (χ3v) is 6.96. The van der Waals surface area contributed by atoms with Gasteiger partial charge in [0.05, 0.1) is 46.0 Å². The SMILES string of the molecule is O=C(O)CN1CCN(CCCCCOOCCOCCN2C(=O)C=CC2=O)CCN(CC(=O)O)CCN(CC(=O)O)CC1. The number of carbonyl (C=O) groups is 5. The number of amides is 2. The van der Waals surface area contributed by atoms with E-state index in [9.17, 15) is 39.3 Å². The fourth-order valence-electron chi connectivity index (χ4n) is 4.64. The number of carboxylic acid groups (broad SMARTS) is 3. The summed E-state index contributed by atoms with van der Waals surface area (Å²) < 4.78 is 5.35. The van der Waals surface area contributed by atoms with E-state index in [1.807, 2.05) is 0 Å². The molecule has 43 heavy (non-hydrogen) atoms. The van der Waals surface area contributed by atoms with Gasteiger partial charge in [0.1, 0.15) is 6.61 Å². The van der Waals surface area contributed by atoms with Crippen LogP contribution < -0.4 is 0 Å². The maximum atomic E-state index is 11.5. The van der Waals surface area contributed by atoms with Gasteiger partial charge in [-0.25, -0.2) is 9.78 Å². The monoisotopic (exact) mass is 615 g/mol. The Morgan fingerprint density at radius 1 is 0.558 bits per heavy atom. The quantitative estimate of drug-likeness (QED) is 0.0660. The van der Waals surface area contributed by atoms with Crippen LogP contribution in [0.3, 0.4) is 0 Å². The number of rotatable bonds is 19. The maximum absolute atomic E-state index is 11.5.